The van der Waals surface area contributed by atoms with Crippen LogP contribution in [0.15, 0.2) is 0 Å². The summed E-state index contributed by atoms with van der Waals surface area (Å²) >= 11 is 1.80. The first kappa shape index (κ1) is 15.6. The third kappa shape index (κ3) is 4.92. The molecule has 0 bridgehead atoms. The van der Waals surface area contributed by atoms with Crippen molar-refractivity contribution in [1.82, 2.24) is 10.0 Å². The average molecular weight is 306 g/mol. The molecule has 0 spiro atoms. The van der Waals surface area contributed by atoms with Gasteiger partial charge in [0.15, 0.2) is 0 Å². The van der Waals surface area contributed by atoms with Crippen molar-refractivity contribution in [3.63, 3.8) is 0 Å². The molecule has 0 radical (unpaired) electrons. The van der Waals surface area contributed by atoms with Crippen LogP contribution in [0.5, 0.6) is 0 Å². The second-order valence-corrected chi connectivity index (χ2v) is 8.63. The summed E-state index contributed by atoms with van der Waals surface area (Å²) in [4.78, 5) is 0. The van der Waals surface area contributed by atoms with Crippen LogP contribution in [0.2, 0.25) is 0 Å². The van der Waals surface area contributed by atoms with E-state index < -0.39 is 10.0 Å². The number of thioether (sulfide) groups is 1. The monoisotopic (exact) mass is 306 g/mol. The van der Waals surface area contributed by atoms with Gasteiger partial charge in [-0.25, -0.2) is 13.1 Å². The summed E-state index contributed by atoms with van der Waals surface area (Å²) in [5.41, 5.74) is 0. The lowest BCUT2D eigenvalue weighted by Gasteiger charge is -2.31. The van der Waals surface area contributed by atoms with Crippen molar-refractivity contribution in [2.45, 2.75) is 49.8 Å². The van der Waals surface area contributed by atoms with Crippen LogP contribution >= 0.6 is 11.8 Å². The minimum atomic E-state index is -3.11. The standard InChI is InChI=1S/C13H26N2O2S2/c1-18-13-5-3-2-4-12(13)15-19(16,17)10-11-6-8-14-9-7-11/h11-15H,2-10H2,1H3. The molecule has 2 unspecified atom stereocenters. The summed E-state index contributed by atoms with van der Waals surface area (Å²) in [6.07, 6.45) is 8.58. The number of hydrogen-bond acceptors (Lipinski definition) is 4. The molecule has 112 valence electrons. The number of rotatable bonds is 5. The molecular weight excluding hydrogens is 280 g/mol. The van der Waals surface area contributed by atoms with E-state index in [0.29, 0.717) is 16.9 Å². The molecule has 2 rings (SSSR count). The Balaban J connectivity index is 1.88. The fraction of sp³-hybridized carbons (Fsp3) is 1.00. The molecule has 19 heavy (non-hydrogen) atoms. The third-order valence-electron chi connectivity index (χ3n) is 4.25. The van der Waals surface area contributed by atoms with E-state index in [9.17, 15) is 8.42 Å². The molecule has 1 aliphatic carbocycles. The van der Waals surface area contributed by atoms with Crippen molar-refractivity contribution in [2.24, 2.45) is 5.92 Å². The lowest BCUT2D eigenvalue weighted by Crippen LogP contribution is -2.46. The van der Waals surface area contributed by atoms with Crippen LogP contribution in [0.25, 0.3) is 0 Å². The van der Waals surface area contributed by atoms with Crippen LogP contribution < -0.4 is 10.0 Å². The Labute approximate surface area is 121 Å². The molecule has 2 N–H and O–H groups in total. The molecule has 0 aromatic carbocycles. The van der Waals surface area contributed by atoms with E-state index in [1.165, 1.54) is 6.42 Å². The number of sulfonamides is 1. The quantitative estimate of drug-likeness (QED) is 0.810. The van der Waals surface area contributed by atoms with Crippen molar-refractivity contribution >= 4 is 21.8 Å². The van der Waals surface area contributed by atoms with Gasteiger partial charge in [-0.3, -0.25) is 0 Å². The first-order chi connectivity index (χ1) is 9.11. The minimum absolute atomic E-state index is 0.149. The summed E-state index contributed by atoms with van der Waals surface area (Å²) in [5, 5.41) is 3.73. The van der Waals surface area contributed by atoms with E-state index in [2.05, 4.69) is 16.3 Å². The fourth-order valence-electron chi connectivity index (χ4n) is 3.15. The van der Waals surface area contributed by atoms with Gasteiger partial charge >= 0.3 is 0 Å². The molecule has 2 atom stereocenters. The van der Waals surface area contributed by atoms with E-state index in [4.69, 9.17) is 0 Å². The fourth-order valence-corrected chi connectivity index (χ4v) is 5.97. The smallest absolute Gasteiger partial charge is 0.212 e. The molecule has 1 saturated heterocycles. The second kappa shape index (κ2) is 7.29. The second-order valence-electron chi connectivity index (χ2n) is 5.76. The molecule has 2 fully saturated rings. The summed E-state index contributed by atoms with van der Waals surface area (Å²) in [7, 11) is -3.11. The van der Waals surface area contributed by atoms with Gasteiger partial charge in [0, 0.05) is 11.3 Å². The molecule has 1 saturated carbocycles. The average Bonchev–Trinajstić information content (AvgIpc) is 2.39. The molecule has 2 aliphatic rings. The van der Waals surface area contributed by atoms with Crippen LogP contribution in [-0.4, -0.2) is 44.8 Å². The zero-order chi connectivity index (χ0) is 13.7. The maximum Gasteiger partial charge on any atom is 0.212 e. The van der Waals surface area contributed by atoms with E-state index in [1.54, 1.807) is 11.8 Å². The van der Waals surface area contributed by atoms with Crippen molar-refractivity contribution in [2.75, 3.05) is 25.1 Å². The molecular formula is C13H26N2O2S2. The Morgan fingerprint density at radius 2 is 1.84 bits per heavy atom. The van der Waals surface area contributed by atoms with Gasteiger partial charge < -0.3 is 5.32 Å². The lowest BCUT2D eigenvalue weighted by molar-refractivity contribution is 0.392. The molecule has 0 aromatic rings. The molecule has 1 heterocycles. The predicted molar refractivity (Wildman–Crippen MR) is 82.1 cm³/mol. The van der Waals surface area contributed by atoms with Gasteiger partial charge in [-0.1, -0.05) is 12.8 Å². The first-order valence-electron chi connectivity index (χ1n) is 7.34. The lowest BCUT2D eigenvalue weighted by atomic mass is 9.96. The molecule has 0 aromatic heterocycles. The van der Waals surface area contributed by atoms with Crippen molar-refractivity contribution < 1.29 is 8.42 Å². The highest BCUT2D eigenvalue weighted by Crippen LogP contribution is 2.28. The third-order valence-corrected chi connectivity index (χ3v) is 6.99. The van der Waals surface area contributed by atoms with Crippen LogP contribution in [0.4, 0.5) is 0 Å². The predicted octanol–water partition coefficient (Wildman–Crippen LogP) is 1.58. The zero-order valence-corrected chi connectivity index (χ0v) is 13.4. The van der Waals surface area contributed by atoms with Gasteiger partial charge in [-0.2, -0.15) is 11.8 Å². The van der Waals surface area contributed by atoms with Gasteiger partial charge in [0.2, 0.25) is 10.0 Å². The minimum Gasteiger partial charge on any atom is -0.317 e. The normalized spacial score (nSPS) is 30.4. The Bertz CT molecular complexity index is 367. The Kier molecular flexibility index (Phi) is 5.99. The highest BCUT2D eigenvalue weighted by molar-refractivity contribution is 7.99. The highest BCUT2D eigenvalue weighted by Gasteiger charge is 2.29. The highest BCUT2D eigenvalue weighted by atomic mass is 32.2. The SMILES string of the molecule is CSC1CCCCC1NS(=O)(=O)CC1CCNCC1. The molecule has 0 amide bonds. The van der Waals surface area contributed by atoms with Crippen molar-refractivity contribution in [3.8, 4) is 0 Å². The van der Waals surface area contributed by atoms with Gasteiger partial charge in [0.1, 0.15) is 0 Å². The van der Waals surface area contributed by atoms with E-state index in [0.717, 1.165) is 45.2 Å². The van der Waals surface area contributed by atoms with Crippen molar-refractivity contribution in [1.29, 1.82) is 0 Å². The Morgan fingerprint density at radius 1 is 1.16 bits per heavy atom. The van der Waals surface area contributed by atoms with Crippen LogP contribution in [-0.2, 0) is 10.0 Å². The van der Waals surface area contributed by atoms with Crippen molar-refractivity contribution in [3.05, 3.63) is 0 Å². The van der Waals surface area contributed by atoms with E-state index in [-0.39, 0.29) is 6.04 Å². The molecule has 1 aliphatic heterocycles. The van der Waals surface area contributed by atoms with Gasteiger partial charge in [-0.15, -0.1) is 0 Å². The van der Waals surface area contributed by atoms with Gasteiger partial charge in [0.05, 0.1) is 5.75 Å². The number of hydrogen-bond donors (Lipinski definition) is 2. The van der Waals surface area contributed by atoms with Gasteiger partial charge in [0.25, 0.3) is 0 Å². The largest absolute Gasteiger partial charge is 0.317 e. The van der Waals surface area contributed by atoms with Crippen LogP contribution in [0.3, 0.4) is 0 Å². The number of nitrogens with one attached hydrogen (secondary N) is 2. The zero-order valence-electron chi connectivity index (χ0n) is 11.7. The molecule has 4 nitrogen and oxygen atoms in total. The maximum atomic E-state index is 12.3. The first-order valence-corrected chi connectivity index (χ1v) is 10.3. The summed E-state index contributed by atoms with van der Waals surface area (Å²) in [6.45, 7) is 1.91. The summed E-state index contributed by atoms with van der Waals surface area (Å²) in [5.74, 6) is 0.641. The topological polar surface area (TPSA) is 58.2 Å². The van der Waals surface area contributed by atoms with Gasteiger partial charge in [-0.05, 0) is 50.9 Å². The van der Waals surface area contributed by atoms with Crippen LogP contribution in [0.1, 0.15) is 38.5 Å². The van der Waals surface area contributed by atoms with E-state index in [1.807, 2.05) is 0 Å². The molecule has 6 heteroatoms. The summed E-state index contributed by atoms with van der Waals surface area (Å²) in [6, 6.07) is 0.149. The Morgan fingerprint density at radius 3 is 2.53 bits per heavy atom. The number of piperidine rings is 1. The summed E-state index contributed by atoms with van der Waals surface area (Å²) < 4.78 is 27.5. The van der Waals surface area contributed by atoms with Crippen LogP contribution in [0, 0.1) is 5.92 Å². The maximum absolute atomic E-state index is 12.3. The van der Waals surface area contributed by atoms with E-state index >= 15 is 0 Å². The Hall–Kier alpha value is 0.220.